The topological polar surface area (TPSA) is 94.2 Å². The Bertz CT molecular complexity index is 1000. The number of ether oxygens (including phenoxy) is 1. The standard InChI is InChI=1S/C24H31N5O4S/c1-33-24(32)26-19-17-18(22(30)28-10-3-8-25-9-13-28)6-7-20(19)27-11-4-12-29(15-14-27)23(31)21-5-2-16-34-21/h2,5-7,16-17,25H,3-4,8-15H2,1H3,(H,26,32). The number of hydrogen-bond donors (Lipinski definition) is 2. The van der Waals surface area contributed by atoms with E-state index in [-0.39, 0.29) is 11.8 Å². The van der Waals surface area contributed by atoms with Crippen molar-refractivity contribution >= 4 is 40.6 Å². The number of benzene rings is 1. The van der Waals surface area contributed by atoms with Crippen molar-refractivity contribution in [3.05, 3.63) is 46.2 Å². The molecule has 3 heterocycles. The molecule has 9 nitrogen and oxygen atoms in total. The van der Waals surface area contributed by atoms with Gasteiger partial charge >= 0.3 is 6.09 Å². The van der Waals surface area contributed by atoms with E-state index >= 15 is 0 Å². The van der Waals surface area contributed by atoms with Gasteiger partial charge in [-0.2, -0.15) is 0 Å². The second-order valence-corrected chi connectivity index (χ2v) is 9.30. The van der Waals surface area contributed by atoms with Crippen LogP contribution in [0.15, 0.2) is 35.7 Å². The molecule has 182 valence electrons. The van der Waals surface area contributed by atoms with Crippen molar-refractivity contribution in [3.63, 3.8) is 0 Å². The zero-order valence-electron chi connectivity index (χ0n) is 19.4. The first kappa shape index (κ1) is 24.0. The number of carbonyl (C=O) groups excluding carboxylic acids is 3. The van der Waals surface area contributed by atoms with Crippen LogP contribution in [-0.4, -0.2) is 87.2 Å². The number of methoxy groups -OCH3 is 1. The fraction of sp³-hybridized carbons (Fsp3) is 0.458. The van der Waals surface area contributed by atoms with Crippen LogP contribution < -0.4 is 15.5 Å². The lowest BCUT2D eigenvalue weighted by atomic mass is 10.1. The van der Waals surface area contributed by atoms with E-state index in [2.05, 4.69) is 15.5 Å². The number of hydrogen-bond acceptors (Lipinski definition) is 7. The summed E-state index contributed by atoms with van der Waals surface area (Å²) < 4.78 is 4.82. The summed E-state index contributed by atoms with van der Waals surface area (Å²) in [5.74, 6) is 0.00407. The molecule has 0 unspecified atom stereocenters. The molecule has 0 spiro atoms. The highest BCUT2D eigenvalue weighted by Crippen LogP contribution is 2.29. The van der Waals surface area contributed by atoms with Crippen LogP contribution in [0.5, 0.6) is 0 Å². The minimum Gasteiger partial charge on any atom is -0.453 e. The van der Waals surface area contributed by atoms with Crippen molar-refractivity contribution in [3.8, 4) is 0 Å². The lowest BCUT2D eigenvalue weighted by Gasteiger charge is -2.27. The first-order valence-corrected chi connectivity index (χ1v) is 12.5. The molecular formula is C24H31N5O4S. The van der Waals surface area contributed by atoms with Gasteiger partial charge < -0.3 is 24.8 Å². The fourth-order valence-electron chi connectivity index (χ4n) is 4.35. The maximum absolute atomic E-state index is 13.1. The number of nitrogens with zero attached hydrogens (tertiary/aromatic N) is 3. The molecule has 2 aliphatic heterocycles. The molecule has 2 N–H and O–H groups in total. The van der Waals surface area contributed by atoms with Crippen LogP contribution in [0.1, 0.15) is 32.9 Å². The molecule has 2 aromatic rings. The number of carbonyl (C=O) groups is 3. The predicted octanol–water partition coefficient (Wildman–Crippen LogP) is 2.71. The Morgan fingerprint density at radius 2 is 1.76 bits per heavy atom. The summed E-state index contributed by atoms with van der Waals surface area (Å²) in [6, 6.07) is 9.16. The van der Waals surface area contributed by atoms with Gasteiger partial charge in [0.15, 0.2) is 0 Å². The van der Waals surface area contributed by atoms with Crippen LogP contribution in [-0.2, 0) is 4.74 Å². The highest BCUT2D eigenvalue weighted by atomic mass is 32.1. The molecule has 0 aliphatic carbocycles. The van der Waals surface area contributed by atoms with Crippen LogP contribution in [0, 0.1) is 0 Å². The number of anilines is 2. The van der Waals surface area contributed by atoms with Gasteiger partial charge in [-0.1, -0.05) is 6.07 Å². The highest BCUT2D eigenvalue weighted by Gasteiger charge is 2.24. The zero-order valence-corrected chi connectivity index (χ0v) is 20.2. The first-order valence-electron chi connectivity index (χ1n) is 11.6. The van der Waals surface area contributed by atoms with Crippen LogP contribution in [0.25, 0.3) is 0 Å². The number of thiophene rings is 1. The molecule has 1 aromatic heterocycles. The molecule has 0 radical (unpaired) electrons. The van der Waals surface area contributed by atoms with E-state index in [0.29, 0.717) is 44.0 Å². The van der Waals surface area contributed by atoms with E-state index in [4.69, 9.17) is 4.74 Å². The Balaban J connectivity index is 1.53. The minimum atomic E-state index is -0.589. The van der Waals surface area contributed by atoms with Gasteiger partial charge in [0.05, 0.1) is 23.4 Å². The van der Waals surface area contributed by atoms with E-state index in [1.54, 1.807) is 6.07 Å². The fourth-order valence-corrected chi connectivity index (χ4v) is 5.05. The largest absolute Gasteiger partial charge is 0.453 e. The molecule has 2 aliphatic rings. The summed E-state index contributed by atoms with van der Waals surface area (Å²) in [7, 11) is 1.31. The Hall–Kier alpha value is -3.11. The van der Waals surface area contributed by atoms with Crippen molar-refractivity contribution < 1.29 is 19.1 Å². The maximum Gasteiger partial charge on any atom is 0.411 e. The van der Waals surface area contributed by atoms with Gasteiger partial charge in [-0.15, -0.1) is 11.3 Å². The van der Waals surface area contributed by atoms with Gasteiger partial charge in [0, 0.05) is 51.4 Å². The molecule has 4 rings (SSSR count). The van der Waals surface area contributed by atoms with Gasteiger partial charge in [-0.3, -0.25) is 14.9 Å². The van der Waals surface area contributed by atoms with E-state index in [9.17, 15) is 14.4 Å². The lowest BCUT2D eigenvalue weighted by molar-refractivity contribution is 0.0761. The van der Waals surface area contributed by atoms with E-state index < -0.39 is 6.09 Å². The lowest BCUT2D eigenvalue weighted by Crippen LogP contribution is -2.35. The summed E-state index contributed by atoms with van der Waals surface area (Å²) >= 11 is 1.45. The summed E-state index contributed by atoms with van der Waals surface area (Å²) in [5.41, 5.74) is 1.87. The van der Waals surface area contributed by atoms with Crippen LogP contribution in [0.3, 0.4) is 0 Å². The quantitative estimate of drug-likeness (QED) is 0.692. The van der Waals surface area contributed by atoms with Crippen molar-refractivity contribution in [2.75, 3.05) is 69.7 Å². The third-order valence-electron chi connectivity index (χ3n) is 6.15. The highest BCUT2D eigenvalue weighted by molar-refractivity contribution is 7.12. The Labute approximate surface area is 203 Å². The maximum atomic E-state index is 13.1. The SMILES string of the molecule is COC(=O)Nc1cc(C(=O)N2CCCNCC2)ccc1N1CCCN(C(=O)c2cccs2)CC1. The first-order chi connectivity index (χ1) is 16.6. The van der Waals surface area contributed by atoms with Gasteiger partial charge in [0.25, 0.3) is 11.8 Å². The number of amides is 3. The predicted molar refractivity (Wildman–Crippen MR) is 133 cm³/mol. The van der Waals surface area contributed by atoms with Crippen LogP contribution >= 0.6 is 11.3 Å². The molecule has 0 atom stereocenters. The van der Waals surface area contributed by atoms with Crippen molar-refractivity contribution in [1.29, 1.82) is 0 Å². The Kier molecular flexibility index (Phi) is 8.02. The minimum absolute atomic E-state index is 0.0493. The van der Waals surface area contributed by atoms with Crippen LogP contribution in [0.2, 0.25) is 0 Å². The van der Waals surface area contributed by atoms with E-state index in [1.165, 1.54) is 18.4 Å². The van der Waals surface area contributed by atoms with E-state index in [0.717, 1.165) is 43.0 Å². The van der Waals surface area contributed by atoms with Crippen molar-refractivity contribution in [1.82, 2.24) is 15.1 Å². The second-order valence-electron chi connectivity index (χ2n) is 8.35. The summed E-state index contributed by atoms with van der Waals surface area (Å²) in [5, 5.41) is 8.00. The number of rotatable bonds is 4. The normalized spacial score (nSPS) is 17.0. The summed E-state index contributed by atoms with van der Waals surface area (Å²) in [6.07, 6.45) is 1.12. The summed E-state index contributed by atoms with van der Waals surface area (Å²) in [4.78, 5) is 44.6. The van der Waals surface area contributed by atoms with Gasteiger partial charge in [-0.25, -0.2) is 4.79 Å². The van der Waals surface area contributed by atoms with E-state index in [1.807, 2.05) is 39.4 Å². The monoisotopic (exact) mass is 485 g/mol. The number of nitrogens with one attached hydrogen (secondary N) is 2. The van der Waals surface area contributed by atoms with Gasteiger partial charge in [0.2, 0.25) is 0 Å². The molecule has 10 heteroatoms. The van der Waals surface area contributed by atoms with Crippen LogP contribution in [0.4, 0.5) is 16.2 Å². The van der Waals surface area contributed by atoms with Crippen molar-refractivity contribution in [2.45, 2.75) is 12.8 Å². The molecule has 0 saturated carbocycles. The zero-order chi connectivity index (χ0) is 23.9. The molecule has 1 aromatic carbocycles. The van der Waals surface area contributed by atoms with Gasteiger partial charge in [-0.05, 0) is 49.0 Å². The average Bonchev–Trinajstić information content (AvgIpc) is 3.10. The molecule has 2 fully saturated rings. The molecule has 3 amide bonds. The third kappa shape index (κ3) is 5.68. The molecule has 2 saturated heterocycles. The Morgan fingerprint density at radius 1 is 0.941 bits per heavy atom. The van der Waals surface area contributed by atoms with Gasteiger partial charge in [0.1, 0.15) is 0 Å². The smallest absolute Gasteiger partial charge is 0.411 e. The Morgan fingerprint density at radius 3 is 2.56 bits per heavy atom. The summed E-state index contributed by atoms with van der Waals surface area (Å²) in [6.45, 7) is 5.63. The second kappa shape index (κ2) is 11.3. The molecular weight excluding hydrogens is 454 g/mol. The van der Waals surface area contributed by atoms with Crippen molar-refractivity contribution in [2.24, 2.45) is 0 Å². The molecule has 34 heavy (non-hydrogen) atoms. The average molecular weight is 486 g/mol. The molecule has 0 bridgehead atoms. The third-order valence-corrected chi connectivity index (χ3v) is 7.01.